The van der Waals surface area contributed by atoms with Crippen LogP contribution < -0.4 is 16.1 Å². The number of esters is 2. The van der Waals surface area contributed by atoms with Crippen molar-refractivity contribution in [2.45, 2.75) is 13.8 Å². The summed E-state index contributed by atoms with van der Waals surface area (Å²) in [5.41, 5.74) is 0.170. The zero-order valence-corrected chi connectivity index (χ0v) is 18.8. The molecule has 0 atom stereocenters. The SMILES string of the molecule is CCOC(=O)c1c(NC(=O)COC(=O)c2cc(=O)c3ccccc3o2)sc(C(=O)NC)c1C. The maximum absolute atomic E-state index is 12.4. The quantitative estimate of drug-likeness (QED) is 0.500. The first-order valence-electron chi connectivity index (χ1n) is 9.79. The van der Waals surface area contributed by atoms with Crippen LogP contribution in [0.2, 0.25) is 0 Å². The minimum atomic E-state index is -1.01. The van der Waals surface area contributed by atoms with Gasteiger partial charge in [-0.2, -0.15) is 0 Å². The van der Waals surface area contributed by atoms with Gasteiger partial charge in [-0.25, -0.2) is 9.59 Å². The van der Waals surface area contributed by atoms with Crippen LogP contribution in [0.3, 0.4) is 0 Å². The fourth-order valence-corrected chi connectivity index (χ4v) is 4.11. The lowest BCUT2D eigenvalue weighted by Crippen LogP contribution is -2.22. The number of para-hydroxylation sites is 1. The van der Waals surface area contributed by atoms with Gasteiger partial charge in [-0.15, -0.1) is 11.3 Å². The molecule has 0 radical (unpaired) electrons. The fraction of sp³-hybridized carbons (Fsp3) is 0.227. The van der Waals surface area contributed by atoms with E-state index in [1.807, 2.05) is 0 Å². The molecule has 1 aromatic carbocycles. The molecule has 2 N–H and O–H groups in total. The first kappa shape index (κ1) is 23.7. The van der Waals surface area contributed by atoms with Gasteiger partial charge in [0.2, 0.25) is 5.76 Å². The molecule has 0 saturated heterocycles. The summed E-state index contributed by atoms with van der Waals surface area (Å²) in [6.07, 6.45) is 0. The number of carbonyl (C=O) groups excluding carboxylic acids is 4. The monoisotopic (exact) mass is 472 g/mol. The van der Waals surface area contributed by atoms with Crippen LogP contribution >= 0.6 is 11.3 Å². The van der Waals surface area contributed by atoms with Crippen molar-refractivity contribution >= 4 is 51.1 Å². The molecule has 3 rings (SSSR count). The smallest absolute Gasteiger partial charge is 0.374 e. The van der Waals surface area contributed by atoms with E-state index in [1.54, 1.807) is 32.0 Å². The number of amides is 2. The van der Waals surface area contributed by atoms with E-state index in [0.717, 1.165) is 17.4 Å². The number of anilines is 1. The van der Waals surface area contributed by atoms with Crippen LogP contribution in [0.4, 0.5) is 5.00 Å². The normalized spacial score (nSPS) is 10.5. The predicted molar refractivity (Wildman–Crippen MR) is 120 cm³/mol. The van der Waals surface area contributed by atoms with Gasteiger partial charge in [0.15, 0.2) is 12.0 Å². The molecule has 0 saturated carbocycles. The number of fused-ring (bicyclic) bond motifs is 1. The predicted octanol–water partition coefficient (Wildman–Crippen LogP) is 2.49. The van der Waals surface area contributed by atoms with Gasteiger partial charge < -0.3 is 24.5 Å². The van der Waals surface area contributed by atoms with Crippen LogP contribution in [-0.2, 0) is 14.3 Å². The number of hydrogen-bond donors (Lipinski definition) is 2. The third-order valence-corrected chi connectivity index (χ3v) is 5.69. The zero-order chi connectivity index (χ0) is 24.1. The highest BCUT2D eigenvalue weighted by atomic mass is 32.1. The summed E-state index contributed by atoms with van der Waals surface area (Å²) >= 11 is 0.890. The van der Waals surface area contributed by atoms with E-state index in [-0.39, 0.29) is 33.4 Å². The molecule has 10 nitrogen and oxygen atoms in total. The Morgan fingerprint density at radius 2 is 1.82 bits per heavy atom. The van der Waals surface area contributed by atoms with Crippen molar-refractivity contribution in [1.82, 2.24) is 5.32 Å². The highest BCUT2D eigenvalue weighted by Crippen LogP contribution is 2.33. The molecule has 3 aromatic rings. The number of thiophene rings is 1. The summed E-state index contributed by atoms with van der Waals surface area (Å²) < 4.78 is 15.3. The maximum Gasteiger partial charge on any atom is 0.374 e. The van der Waals surface area contributed by atoms with Crippen LogP contribution in [0.5, 0.6) is 0 Å². The molecular formula is C22H20N2O8S. The summed E-state index contributed by atoms with van der Waals surface area (Å²) in [5, 5.41) is 5.32. The first-order chi connectivity index (χ1) is 15.8. The first-order valence-corrected chi connectivity index (χ1v) is 10.6. The Kier molecular flexibility index (Phi) is 7.23. The number of ether oxygens (including phenoxy) is 2. The van der Waals surface area contributed by atoms with Gasteiger partial charge in [0.1, 0.15) is 10.6 Å². The Balaban J connectivity index is 1.75. The topological polar surface area (TPSA) is 141 Å². The van der Waals surface area contributed by atoms with E-state index < -0.39 is 35.8 Å². The molecular weight excluding hydrogens is 452 g/mol. The molecule has 2 amide bonds. The Morgan fingerprint density at radius 1 is 1.09 bits per heavy atom. The summed E-state index contributed by atoms with van der Waals surface area (Å²) in [7, 11) is 1.44. The van der Waals surface area contributed by atoms with E-state index in [1.165, 1.54) is 13.1 Å². The third-order valence-electron chi connectivity index (χ3n) is 4.48. The largest absolute Gasteiger partial charge is 0.462 e. The molecule has 11 heteroatoms. The summed E-state index contributed by atoms with van der Waals surface area (Å²) in [6, 6.07) is 7.37. The van der Waals surface area contributed by atoms with E-state index in [2.05, 4.69) is 10.6 Å². The Hall–Kier alpha value is -3.99. The zero-order valence-electron chi connectivity index (χ0n) is 18.0. The second-order valence-corrected chi connectivity index (χ2v) is 7.68. The van der Waals surface area contributed by atoms with Crippen LogP contribution in [-0.4, -0.2) is 44.0 Å². The molecule has 2 heterocycles. The Labute approximate surface area is 191 Å². The lowest BCUT2D eigenvalue weighted by Gasteiger charge is -2.08. The standard InChI is InChI=1S/C22H20N2O8S/c1-4-30-22(29)17-11(2)18(19(27)23-3)33-20(17)24-16(26)10-31-21(28)15-9-13(25)12-7-5-6-8-14(12)32-15/h5-9H,4,10H2,1-3H3,(H,23,27)(H,24,26). The number of hydrogen-bond acceptors (Lipinski definition) is 9. The molecule has 0 aliphatic heterocycles. The van der Waals surface area contributed by atoms with Gasteiger partial charge >= 0.3 is 11.9 Å². The molecule has 172 valence electrons. The highest BCUT2D eigenvalue weighted by Gasteiger charge is 2.26. The molecule has 0 aliphatic rings. The molecule has 0 spiro atoms. The summed E-state index contributed by atoms with van der Waals surface area (Å²) in [5.74, 6) is -3.26. The average molecular weight is 472 g/mol. The van der Waals surface area contributed by atoms with Crippen molar-refractivity contribution in [3.8, 4) is 0 Å². The van der Waals surface area contributed by atoms with Crippen molar-refractivity contribution in [2.75, 3.05) is 25.6 Å². The summed E-state index contributed by atoms with van der Waals surface area (Å²) in [6.45, 7) is 2.57. The Morgan fingerprint density at radius 3 is 2.52 bits per heavy atom. The second-order valence-electron chi connectivity index (χ2n) is 6.66. The lowest BCUT2D eigenvalue weighted by molar-refractivity contribution is -0.119. The molecule has 0 unspecified atom stereocenters. The van der Waals surface area contributed by atoms with E-state index in [4.69, 9.17) is 13.9 Å². The van der Waals surface area contributed by atoms with Gasteiger partial charge in [0.25, 0.3) is 11.8 Å². The number of carbonyl (C=O) groups is 4. The minimum Gasteiger partial charge on any atom is -0.462 e. The minimum absolute atomic E-state index is 0.0423. The third kappa shape index (κ3) is 5.09. The van der Waals surface area contributed by atoms with Gasteiger partial charge in [-0.3, -0.25) is 14.4 Å². The molecule has 33 heavy (non-hydrogen) atoms. The molecule has 0 fully saturated rings. The average Bonchev–Trinajstić information content (AvgIpc) is 3.12. The summed E-state index contributed by atoms with van der Waals surface area (Å²) in [4.78, 5) is 61.5. The van der Waals surface area contributed by atoms with Crippen LogP contribution in [0.1, 0.15) is 43.1 Å². The molecule has 0 bridgehead atoms. The fourth-order valence-electron chi connectivity index (χ4n) is 2.95. The maximum atomic E-state index is 12.4. The molecule has 2 aromatic heterocycles. The van der Waals surface area contributed by atoms with Crippen molar-refractivity contribution in [3.63, 3.8) is 0 Å². The van der Waals surface area contributed by atoms with Gasteiger partial charge in [0, 0.05) is 13.1 Å². The molecule has 0 aliphatic carbocycles. The van der Waals surface area contributed by atoms with E-state index >= 15 is 0 Å². The lowest BCUT2D eigenvalue weighted by atomic mass is 10.1. The number of benzene rings is 1. The second kappa shape index (κ2) is 10.1. The van der Waals surface area contributed by atoms with Crippen molar-refractivity contribution in [2.24, 2.45) is 0 Å². The number of nitrogens with one attached hydrogen (secondary N) is 2. The van der Waals surface area contributed by atoms with Crippen LogP contribution in [0.25, 0.3) is 11.0 Å². The van der Waals surface area contributed by atoms with Crippen molar-refractivity contribution < 1.29 is 33.1 Å². The van der Waals surface area contributed by atoms with Crippen LogP contribution in [0, 0.1) is 6.92 Å². The van der Waals surface area contributed by atoms with Gasteiger partial charge in [-0.05, 0) is 31.5 Å². The van der Waals surface area contributed by atoms with Crippen LogP contribution in [0.15, 0.2) is 39.5 Å². The van der Waals surface area contributed by atoms with Gasteiger partial charge in [-0.1, -0.05) is 12.1 Å². The van der Waals surface area contributed by atoms with Crippen molar-refractivity contribution in [1.29, 1.82) is 0 Å². The van der Waals surface area contributed by atoms with Crippen molar-refractivity contribution in [3.05, 3.63) is 62.3 Å². The Bertz CT molecular complexity index is 1310. The van der Waals surface area contributed by atoms with Gasteiger partial charge in [0.05, 0.1) is 22.4 Å². The highest BCUT2D eigenvalue weighted by molar-refractivity contribution is 7.18. The number of rotatable bonds is 7. The van der Waals surface area contributed by atoms with E-state index in [0.29, 0.717) is 10.9 Å². The van der Waals surface area contributed by atoms with E-state index in [9.17, 15) is 24.0 Å².